The number of hydrazone groups is 1. The van der Waals surface area contributed by atoms with Crippen molar-refractivity contribution in [1.29, 1.82) is 0 Å². The highest BCUT2D eigenvalue weighted by Crippen LogP contribution is 2.39. The summed E-state index contributed by atoms with van der Waals surface area (Å²) in [5.74, 6) is -0.0620. The number of carbonyl (C=O) groups excluding carboxylic acids is 1. The van der Waals surface area contributed by atoms with Gasteiger partial charge in [-0.3, -0.25) is 9.59 Å². The van der Waals surface area contributed by atoms with Gasteiger partial charge in [0.25, 0.3) is 5.56 Å². The lowest BCUT2D eigenvalue weighted by Gasteiger charge is -2.19. The quantitative estimate of drug-likeness (QED) is 0.716. The maximum absolute atomic E-state index is 12.7. The van der Waals surface area contributed by atoms with Gasteiger partial charge in [-0.15, -0.1) is 22.7 Å². The predicted octanol–water partition coefficient (Wildman–Crippen LogP) is 4.06. The molecule has 6 nitrogen and oxygen atoms in total. The van der Waals surface area contributed by atoms with Gasteiger partial charge in [0, 0.05) is 23.1 Å². The molecule has 0 saturated carbocycles. The van der Waals surface area contributed by atoms with E-state index in [2.05, 4.69) is 10.1 Å². The van der Waals surface area contributed by atoms with Crippen molar-refractivity contribution in [2.75, 3.05) is 7.11 Å². The van der Waals surface area contributed by atoms with E-state index in [0.717, 1.165) is 25.7 Å². The molecule has 3 aromatic rings. The predicted molar refractivity (Wildman–Crippen MR) is 109 cm³/mol. The van der Waals surface area contributed by atoms with Gasteiger partial charge in [-0.2, -0.15) is 5.10 Å². The summed E-state index contributed by atoms with van der Waals surface area (Å²) in [6.45, 7) is 3.76. The van der Waals surface area contributed by atoms with Crippen molar-refractivity contribution in [3.8, 4) is 5.06 Å². The lowest BCUT2D eigenvalue weighted by Crippen LogP contribution is -2.25. The average Bonchev–Trinajstić information content (AvgIpc) is 3.39. The normalized spacial score (nSPS) is 16.8. The van der Waals surface area contributed by atoms with E-state index >= 15 is 0 Å². The molecule has 4 rings (SSSR count). The number of aromatic nitrogens is 1. The fourth-order valence-corrected chi connectivity index (χ4v) is 5.16. The zero-order chi connectivity index (χ0) is 19.1. The van der Waals surface area contributed by atoms with Gasteiger partial charge in [-0.05, 0) is 36.1 Å². The lowest BCUT2D eigenvalue weighted by atomic mass is 9.99. The Labute approximate surface area is 164 Å². The molecule has 1 unspecified atom stereocenters. The molecule has 1 aliphatic heterocycles. The zero-order valence-electron chi connectivity index (χ0n) is 15.2. The van der Waals surface area contributed by atoms with Crippen molar-refractivity contribution >= 4 is 44.5 Å². The number of H-pyrrole nitrogens is 1. The highest BCUT2D eigenvalue weighted by Gasteiger charge is 2.35. The summed E-state index contributed by atoms with van der Waals surface area (Å²) in [5, 5.41) is 9.88. The second-order valence-corrected chi connectivity index (χ2v) is 8.33. The Morgan fingerprint density at radius 2 is 2.22 bits per heavy atom. The first-order valence-corrected chi connectivity index (χ1v) is 10.4. The summed E-state index contributed by atoms with van der Waals surface area (Å²) >= 11 is 3.00. The topological polar surface area (TPSA) is 74.8 Å². The maximum Gasteiger partial charge on any atom is 0.258 e. The molecule has 0 fully saturated rings. The van der Waals surface area contributed by atoms with Crippen molar-refractivity contribution in [2.24, 2.45) is 5.10 Å². The van der Waals surface area contributed by atoms with Gasteiger partial charge >= 0.3 is 0 Å². The Morgan fingerprint density at radius 3 is 2.93 bits per heavy atom. The van der Waals surface area contributed by atoms with E-state index in [1.807, 2.05) is 37.4 Å². The monoisotopic (exact) mass is 401 g/mol. The van der Waals surface area contributed by atoms with E-state index < -0.39 is 0 Å². The third-order valence-electron chi connectivity index (χ3n) is 4.79. The molecule has 4 heterocycles. The van der Waals surface area contributed by atoms with E-state index in [1.165, 1.54) is 27.7 Å². The van der Waals surface area contributed by atoms with Crippen LogP contribution in [-0.2, 0) is 4.79 Å². The van der Waals surface area contributed by atoms with Crippen LogP contribution in [0.25, 0.3) is 10.2 Å². The fraction of sp³-hybridized carbons (Fsp3) is 0.316. The molecule has 0 saturated heterocycles. The van der Waals surface area contributed by atoms with Crippen molar-refractivity contribution < 1.29 is 9.53 Å². The Morgan fingerprint density at radius 1 is 1.41 bits per heavy atom. The summed E-state index contributed by atoms with van der Waals surface area (Å²) in [5.41, 5.74) is 1.97. The molecule has 0 radical (unpaired) electrons. The number of ether oxygens (including phenoxy) is 1. The van der Waals surface area contributed by atoms with Crippen molar-refractivity contribution in [1.82, 2.24) is 9.99 Å². The Bertz CT molecular complexity index is 1110. The maximum atomic E-state index is 12.7. The molecule has 8 heteroatoms. The zero-order valence-corrected chi connectivity index (χ0v) is 16.9. The third-order valence-corrected chi connectivity index (χ3v) is 6.76. The smallest absolute Gasteiger partial charge is 0.258 e. The lowest BCUT2D eigenvalue weighted by molar-refractivity contribution is -0.132. The summed E-state index contributed by atoms with van der Waals surface area (Å²) in [6.07, 6.45) is 0.865. The van der Waals surface area contributed by atoms with Crippen LogP contribution in [0.3, 0.4) is 0 Å². The van der Waals surface area contributed by atoms with Gasteiger partial charge < -0.3 is 9.72 Å². The Hall–Kier alpha value is -2.45. The highest BCUT2D eigenvalue weighted by molar-refractivity contribution is 7.16. The van der Waals surface area contributed by atoms with Crippen LogP contribution in [0.5, 0.6) is 5.06 Å². The summed E-state index contributed by atoms with van der Waals surface area (Å²) in [6, 6.07) is 5.64. The molecule has 0 aromatic carbocycles. The summed E-state index contributed by atoms with van der Waals surface area (Å²) in [4.78, 5) is 30.0. The number of fused-ring (bicyclic) bond motifs is 1. The molecule has 3 aromatic heterocycles. The molecule has 1 aliphatic rings. The van der Waals surface area contributed by atoms with Crippen LogP contribution < -0.4 is 10.3 Å². The minimum Gasteiger partial charge on any atom is -0.487 e. The number of rotatable bonds is 4. The van der Waals surface area contributed by atoms with Crippen LogP contribution in [0.2, 0.25) is 0 Å². The number of hydrogen-bond donors (Lipinski definition) is 1. The number of carbonyl (C=O) groups is 1. The first-order chi connectivity index (χ1) is 13.0. The van der Waals surface area contributed by atoms with Crippen LogP contribution >= 0.6 is 22.7 Å². The summed E-state index contributed by atoms with van der Waals surface area (Å²) < 4.78 is 5.29. The first-order valence-electron chi connectivity index (χ1n) is 8.67. The number of thiophene rings is 2. The highest BCUT2D eigenvalue weighted by atomic mass is 32.1. The molecule has 1 atom stereocenters. The van der Waals surface area contributed by atoms with Crippen LogP contribution in [0.4, 0.5) is 0 Å². The minimum absolute atomic E-state index is 0.0620. The van der Waals surface area contributed by atoms with E-state index in [0.29, 0.717) is 24.1 Å². The van der Waals surface area contributed by atoms with Gasteiger partial charge in [0.05, 0.1) is 24.4 Å². The largest absolute Gasteiger partial charge is 0.487 e. The van der Waals surface area contributed by atoms with E-state index in [-0.39, 0.29) is 17.5 Å². The second kappa shape index (κ2) is 6.94. The van der Waals surface area contributed by atoms with E-state index in [9.17, 15) is 9.59 Å². The number of nitrogens with one attached hydrogen (secondary N) is 1. The van der Waals surface area contributed by atoms with Crippen molar-refractivity contribution in [3.63, 3.8) is 0 Å². The number of nitrogens with zero attached hydrogens (tertiary/aromatic N) is 2. The third kappa shape index (κ3) is 2.98. The van der Waals surface area contributed by atoms with Gasteiger partial charge in [-0.1, -0.05) is 6.92 Å². The molecule has 0 bridgehead atoms. The molecular formula is C19H19N3O3S2. The average molecular weight is 402 g/mol. The molecule has 1 N–H and O–H groups in total. The number of methoxy groups -OCH3 is 1. The standard InChI is InChI=1S/C19H19N3O3S2/c1-4-15(23)22-13(14-5-6-16(25-3)27-14)9-12(21-22)17-10(2)11-7-8-26-19(11)20-18(17)24/h5-8,13H,4,9H2,1-3H3,(H,20,24). The molecular weight excluding hydrogens is 382 g/mol. The first kappa shape index (κ1) is 17.9. The van der Waals surface area contributed by atoms with Crippen LogP contribution in [0, 0.1) is 6.92 Å². The van der Waals surface area contributed by atoms with Gasteiger partial charge in [0.2, 0.25) is 5.91 Å². The number of aryl methyl sites for hydroxylation is 1. The Kier molecular flexibility index (Phi) is 4.61. The van der Waals surface area contributed by atoms with Crippen molar-refractivity contribution in [2.45, 2.75) is 32.7 Å². The van der Waals surface area contributed by atoms with Gasteiger partial charge in [0.15, 0.2) is 5.06 Å². The summed E-state index contributed by atoms with van der Waals surface area (Å²) in [7, 11) is 1.63. The molecule has 1 amide bonds. The van der Waals surface area contributed by atoms with Crippen LogP contribution in [0.1, 0.15) is 41.8 Å². The molecule has 0 spiro atoms. The minimum atomic E-state index is -0.210. The van der Waals surface area contributed by atoms with E-state index in [1.54, 1.807) is 7.11 Å². The Balaban J connectivity index is 1.80. The van der Waals surface area contributed by atoms with Gasteiger partial charge in [0.1, 0.15) is 4.83 Å². The number of hydrogen-bond acceptors (Lipinski definition) is 6. The van der Waals surface area contributed by atoms with E-state index in [4.69, 9.17) is 4.74 Å². The number of amides is 1. The molecule has 0 aliphatic carbocycles. The molecule has 140 valence electrons. The van der Waals surface area contributed by atoms with Gasteiger partial charge in [-0.25, -0.2) is 5.01 Å². The number of aromatic amines is 1. The SMILES string of the molecule is CCC(=O)N1N=C(c2c(C)c3ccsc3[nH]c2=O)CC1c1ccc(OC)s1. The fourth-order valence-electron chi connectivity index (χ4n) is 3.42. The van der Waals surface area contributed by atoms with Crippen LogP contribution in [0.15, 0.2) is 33.5 Å². The van der Waals surface area contributed by atoms with Crippen LogP contribution in [-0.4, -0.2) is 28.7 Å². The van der Waals surface area contributed by atoms with Crippen molar-refractivity contribution in [3.05, 3.63) is 49.9 Å². The number of pyridine rings is 1. The molecule has 27 heavy (non-hydrogen) atoms. The second-order valence-electron chi connectivity index (χ2n) is 6.34.